The van der Waals surface area contributed by atoms with Crippen molar-refractivity contribution in [2.75, 3.05) is 20.3 Å². The lowest BCUT2D eigenvalue weighted by atomic mass is 10.1. The fourth-order valence-electron chi connectivity index (χ4n) is 1.25. The summed E-state index contributed by atoms with van der Waals surface area (Å²) in [5.41, 5.74) is 0. The van der Waals surface area contributed by atoms with Crippen molar-refractivity contribution in [3.05, 3.63) is 0 Å². The van der Waals surface area contributed by atoms with E-state index in [1.54, 1.807) is 7.11 Å². The number of hydrogen-bond acceptors (Lipinski definition) is 4. The Morgan fingerprint density at radius 1 is 1.33 bits per heavy atom. The van der Waals surface area contributed by atoms with Crippen molar-refractivity contribution in [1.82, 2.24) is 10.6 Å². The average molecular weight is 262 g/mol. The number of carbonyl (C=O) groups is 2. The van der Waals surface area contributed by atoms with E-state index in [9.17, 15) is 9.59 Å². The molecule has 0 saturated heterocycles. The quantitative estimate of drug-likeness (QED) is 0.484. The highest BCUT2D eigenvalue weighted by molar-refractivity contribution is 5.74. The van der Waals surface area contributed by atoms with Gasteiger partial charge in [-0.05, 0) is 5.92 Å². The van der Waals surface area contributed by atoms with Gasteiger partial charge in [0, 0.05) is 20.1 Å². The minimum absolute atomic E-state index is 0.0284. The lowest BCUT2D eigenvalue weighted by molar-refractivity contribution is -0.146. The van der Waals surface area contributed by atoms with E-state index in [-0.39, 0.29) is 24.9 Å². The number of aliphatic hydroxyl groups excluding tert-OH is 1. The maximum atomic E-state index is 11.5. The Bertz CT molecular complexity index is 270. The second kappa shape index (κ2) is 8.71. The smallest absolute Gasteiger partial charge is 0.332 e. The number of aliphatic carboxylic acids is 1. The first-order valence-corrected chi connectivity index (χ1v) is 5.82. The molecule has 18 heavy (non-hydrogen) atoms. The molecule has 0 aromatic carbocycles. The van der Waals surface area contributed by atoms with Crippen molar-refractivity contribution in [3.63, 3.8) is 0 Å². The first-order valence-electron chi connectivity index (χ1n) is 5.82. The van der Waals surface area contributed by atoms with Crippen molar-refractivity contribution < 1.29 is 24.5 Å². The first-order chi connectivity index (χ1) is 8.38. The zero-order chi connectivity index (χ0) is 14.1. The van der Waals surface area contributed by atoms with Gasteiger partial charge in [-0.1, -0.05) is 13.8 Å². The molecule has 2 amide bonds. The Morgan fingerprint density at radius 2 is 1.94 bits per heavy atom. The van der Waals surface area contributed by atoms with E-state index in [4.69, 9.17) is 14.9 Å². The molecule has 7 heteroatoms. The molecule has 0 spiro atoms. The largest absolute Gasteiger partial charge is 0.479 e. The van der Waals surface area contributed by atoms with Gasteiger partial charge in [-0.25, -0.2) is 9.59 Å². The standard InChI is InChI=1S/C11H22N2O5/c1-7(2)8(6-18-3)13-11(17)12-5-4-9(14)10(15)16/h7-9,14H,4-6H2,1-3H3,(H,15,16)(H2,12,13,17)/t8?,9-/m0/s1. The monoisotopic (exact) mass is 262 g/mol. The molecule has 0 saturated carbocycles. The number of carbonyl (C=O) groups excluding carboxylic acids is 1. The Labute approximate surface area is 107 Å². The third-order valence-electron chi connectivity index (χ3n) is 2.46. The van der Waals surface area contributed by atoms with E-state index < -0.39 is 18.1 Å². The lowest BCUT2D eigenvalue weighted by Crippen LogP contribution is -2.47. The summed E-state index contributed by atoms with van der Waals surface area (Å²) in [7, 11) is 1.55. The Balaban J connectivity index is 3.91. The van der Waals surface area contributed by atoms with Gasteiger partial charge in [0.1, 0.15) is 0 Å². The first kappa shape index (κ1) is 16.7. The Hall–Kier alpha value is -1.34. The predicted molar refractivity (Wildman–Crippen MR) is 65.3 cm³/mol. The van der Waals surface area contributed by atoms with Gasteiger partial charge in [-0.15, -0.1) is 0 Å². The number of urea groups is 1. The molecule has 4 N–H and O–H groups in total. The zero-order valence-corrected chi connectivity index (χ0v) is 11.0. The van der Waals surface area contributed by atoms with E-state index >= 15 is 0 Å². The van der Waals surface area contributed by atoms with Gasteiger partial charge in [0.25, 0.3) is 0 Å². The van der Waals surface area contributed by atoms with Crippen molar-refractivity contribution >= 4 is 12.0 Å². The van der Waals surface area contributed by atoms with E-state index in [1.807, 2.05) is 13.8 Å². The third kappa shape index (κ3) is 7.08. The fourth-order valence-corrected chi connectivity index (χ4v) is 1.25. The molecule has 0 aromatic rings. The van der Waals surface area contributed by atoms with Gasteiger partial charge >= 0.3 is 12.0 Å². The number of carboxylic acids is 1. The minimum Gasteiger partial charge on any atom is -0.479 e. The van der Waals surface area contributed by atoms with Crippen LogP contribution in [0.3, 0.4) is 0 Å². The summed E-state index contributed by atoms with van der Waals surface area (Å²) in [5.74, 6) is -1.07. The molecule has 0 aliphatic carbocycles. The van der Waals surface area contributed by atoms with E-state index in [0.717, 1.165) is 0 Å². The van der Waals surface area contributed by atoms with E-state index in [1.165, 1.54) is 0 Å². The molecule has 0 aliphatic heterocycles. The molecule has 0 aliphatic rings. The summed E-state index contributed by atoms with van der Waals surface area (Å²) in [5, 5.41) is 22.6. The SMILES string of the molecule is COCC(NC(=O)NCC[C@H](O)C(=O)O)C(C)C. The van der Waals surface area contributed by atoms with Crippen molar-refractivity contribution in [2.45, 2.75) is 32.4 Å². The van der Waals surface area contributed by atoms with Crippen LogP contribution in [0.4, 0.5) is 4.79 Å². The molecule has 0 aromatic heterocycles. The molecular weight excluding hydrogens is 240 g/mol. The van der Waals surface area contributed by atoms with Crippen LogP contribution in [0.15, 0.2) is 0 Å². The van der Waals surface area contributed by atoms with Crippen LogP contribution in [-0.2, 0) is 9.53 Å². The summed E-state index contributed by atoms with van der Waals surface area (Å²) < 4.78 is 4.98. The molecular formula is C11H22N2O5. The molecule has 7 nitrogen and oxygen atoms in total. The van der Waals surface area contributed by atoms with Crippen LogP contribution in [-0.4, -0.2) is 54.6 Å². The lowest BCUT2D eigenvalue weighted by Gasteiger charge is -2.21. The van der Waals surface area contributed by atoms with Crippen LogP contribution in [0.1, 0.15) is 20.3 Å². The van der Waals surface area contributed by atoms with Crippen molar-refractivity contribution in [2.24, 2.45) is 5.92 Å². The highest BCUT2D eigenvalue weighted by Gasteiger charge is 2.16. The van der Waals surface area contributed by atoms with Gasteiger partial charge < -0.3 is 25.6 Å². The molecule has 0 radical (unpaired) electrons. The van der Waals surface area contributed by atoms with E-state index in [0.29, 0.717) is 6.61 Å². The number of hydrogen-bond donors (Lipinski definition) is 4. The van der Waals surface area contributed by atoms with Gasteiger partial charge in [-0.3, -0.25) is 0 Å². The Kier molecular flexibility index (Phi) is 8.06. The van der Waals surface area contributed by atoms with Crippen LogP contribution in [0.25, 0.3) is 0 Å². The van der Waals surface area contributed by atoms with Gasteiger partial charge in [0.2, 0.25) is 0 Å². The topological polar surface area (TPSA) is 108 Å². The highest BCUT2D eigenvalue weighted by Crippen LogP contribution is 2.01. The number of ether oxygens (including phenoxy) is 1. The second-order valence-corrected chi connectivity index (χ2v) is 4.35. The maximum Gasteiger partial charge on any atom is 0.332 e. The molecule has 1 unspecified atom stereocenters. The number of nitrogens with one attached hydrogen (secondary N) is 2. The van der Waals surface area contributed by atoms with Gasteiger partial charge in [-0.2, -0.15) is 0 Å². The van der Waals surface area contributed by atoms with Crippen LogP contribution in [0.2, 0.25) is 0 Å². The molecule has 0 fully saturated rings. The predicted octanol–water partition coefficient (Wildman–Crippen LogP) is -0.208. The molecule has 0 bridgehead atoms. The van der Waals surface area contributed by atoms with Crippen LogP contribution < -0.4 is 10.6 Å². The molecule has 0 rings (SSSR count). The zero-order valence-electron chi connectivity index (χ0n) is 11.0. The van der Waals surface area contributed by atoms with Gasteiger partial charge in [0.15, 0.2) is 6.10 Å². The highest BCUT2D eigenvalue weighted by atomic mass is 16.5. The summed E-state index contributed by atoms with van der Waals surface area (Å²) in [6.45, 7) is 4.41. The second-order valence-electron chi connectivity index (χ2n) is 4.35. The van der Waals surface area contributed by atoms with Gasteiger partial charge in [0.05, 0.1) is 12.6 Å². The Morgan fingerprint density at radius 3 is 2.39 bits per heavy atom. The van der Waals surface area contributed by atoms with Crippen LogP contribution in [0, 0.1) is 5.92 Å². The van der Waals surface area contributed by atoms with Crippen LogP contribution >= 0.6 is 0 Å². The van der Waals surface area contributed by atoms with Crippen LogP contribution in [0.5, 0.6) is 0 Å². The molecule has 2 atom stereocenters. The summed E-state index contributed by atoms with van der Waals surface area (Å²) in [6.07, 6.45) is -1.48. The number of amides is 2. The average Bonchev–Trinajstić information content (AvgIpc) is 2.27. The maximum absolute atomic E-state index is 11.5. The fraction of sp³-hybridized carbons (Fsp3) is 0.818. The minimum atomic E-state index is -1.45. The number of carboxylic acid groups (broad SMARTS) is 1. The normalized spacial score (nSPS) is 14.1. The summed E-state index contributed by atoms with van der Waals surface area (Å²) in [4.78, 5) is 21.8. The van der Waals surface area contributed by atoms with Crippen molar-refractivity contribution in [3.8, 4) is 0 Å². The summed E-state index contributed by atoms with van der Waals surface area (Å²) >= 11 is 0. The van der Waals surface area contributed by atoms with Crippen molar-refractivity contribution in [1.29, 1.82) is 0 Å². The molecule has 106 valence electrons. The third-order valence-corrected chi connectivity index (χ3v) is 2.46. The summed E-state index contributed by atoms with van der Waals surface area (Å²) in [6, 6.07) is -0.511. The number of rotatable bonds is 8. The number of methoxy groups -OCH3 is 1. The number of aliphatic hydroxyl groups is 1. The van der Waals surface area contributed by atoms with E-state index in [2.05, 4.69) is 10.6 Å². The molecule has 0 heterocycles.